The lowest BCUT2D eigenvalue weighted by Gasteiger charge is -2.29. The molecule has 1 aliphatic heterocycles. The van der Waals surface area contributed by atoms with Gasteiger partial charge in [0, 0.05) is 22.7 Å². The molecule has 9 heteroatoms. The lowest BCUT2D eigenvalue weighted by molar-refractivity contribution is -0.385. The summed E-state index contributed by atoms with van der Waals surface area (Å²) in [6.07, 6.45) is 1.81. The minimum atomic E-state index is -0.572. The van der Waals surface area contributed by atoms with Crippen molar-refractivity contribution in [2.75, 3.05) is 27.2 Å². The Morgan fingerprint density at radius 3 is 2.52 bits per heavy atom. The van der Waals surface area contributed by atoms with Crippen molar-refractivity contribution in [2.45, 2.75) is 18.9 Å². The number of halogens is 1. The monoisotopic (exact) mass is 419 g/mol. The van der Waals surface area contributed by atoms with Crippen molar-refractivity contribution in [1.29, 1.82) is 0 Å². The van der Waals surface area contributed by atoms with Crippen LogP contribution in [0.1, 0.15) is 23.2 Å². The third-order valence-corrected chi connectivity index (χ3v) is 5.05. The minimum absolute atomic E-state index is 0.0289. The smallest absolute Gasteiger partial charge is 0.313 e. The molecule has 0 atom stereocenters. The van der Waals surface area contributed by atoms with Gasteiger partial charge in [0.05, 0.1) is 12.0 Å². The van der Waals surface area contributed by atoms with Crippen LogP contribution in [0.15, 0.2) is 36.4 Å². The zero-order valence-corrected chi connectivity index (χ0v) is 16.9. The van der Waals surface area contributed by atoms with Gasteiger partial charge in [-0.2, -0.15) is 0 Å². The van der Waals surface area contributed by atoms with Crippen LogP contribution in [0.5, 0.6) is 17.2 Å². The average molecular weight is 420 g/mol. The van der Waals surface area contributed by atoms with Gasteiger partial charge in [-0.15, -0.1) is 0 Å². The molecular weight excluding hydrogens is 398 g/mol. The predicted molar refractivity (Wildman–Crippen MR) is 109 cm³/mol. The van der Waals surface area contributed by atoms with Gasteiger partial charge in [0.25, 0.3) is 5.91 Å². The number of carbonyl (C=O) groups is 1. The number of methoxy groups -OCH3 is 1. The largest absolute Gasteiger partial charge is 0.493 e. The second kappa shape index (κ2) is 9.11. The van der Waals surface area contributed by atoms with Crippen molar-refractivity contribution in [1.82, 2.24) is 10.2 Å². The topological polar surface area (TPSA) is 93.9 Å². The van der Waals surface area contributed by atoms with Crippen LogP contribution in [0.4, 0.5) is 5.69 Å². The maximum Gasteiger partial charge on any atom is 0.313 e. The third kappa shape index (κ3) is 5.16. The molecule has 2 aromatic rings. The highest BCUT2D eigenvalue weighted by atomic mass is 35.5. The number of ether oxygens (including phenoxy) is 2. The Hall–Kier alpha value is -2.84. The summed E-state index contributed by atoms with van der Waals surface area (Å²) < 4.78 is 11.0. The highest BCUT2D eigenvalue weighted by molar-refractivity contribution is 6.30. The molecule has 1 N–H and O–H groups in total. The maximum absolute atomic E-state index is 12.6. The summed E-state index contributed by atoms with van der Waals surface area (Å²) in [5.41, 5.74) is 0.169. The summed E-state index contributed by atoms with van der Waals surface area (Å²) in [6.45, 7) is 1.89. The molecule has 0 aliphatic carbocycles. The first-order valence-electron chi connectivity index (χ1n) is 9.16. The molecule has 1 heterocycles. The van der Waals surface area contributed by atoms with Crippen LogP contribution < -0.4 is 14.8 Å². The van der Waals surface area contributed by atoms with Gasteiger partial charge < -0.3 is 19.7 Å². The molecule has 0 saturated carbocycles. The number of benzene rings is 2. The standard InChI is InChI=1S/C20H22ClN3O5/c1-23-9-7-15(8-10-23)22-20(25)13-3-5-18(19(11-13)28-2)29-17-6-4-14(21)12-16(17)24(26)27/h3-6,11-12,15H,7-10H2,1-2H3,(H,22,25). The van der Waals surface area contributed by atoms with Gasteiger partial charge >= 0.3 is 5.69 Å². The van der Waals surface area contributed by atoms with E-state index in [0.717, 1.165) is 25.9 Å². The van der Waals surface area contributed by atoms with E-state index in [1.54, 1.807) is 18.2 Å². The van der Waals surface area contributed by atoms with Crippen molar-refractivity contribution in [3.8, 4) is 17.2 Å². The first-order chi connectivity index (χ1) is 13.9. The van der Waals surface area contributed by atoms with Crippen molar-refractivity contribution in [3.63, 3.8) is 0 Å². The Bertz CT molecular complexity index is 913. The number of amides is 1. The molecule has 1 saturated heterocycles. The van der Waals surface area contributed by atoms with Crippen LogP contribution in [0.25, 0.3) is 0 Å². The van der Waals surface area contributed by atoms with Gasteiger partial charge in [0.15, 0.2) is 11.5 Å². The fourth-order valence-electron chi connectivity index (χ4n) is 3.15. The normalized spacial score (nSPS) is 15.0. The molecule has 2 aromatic carbocycles. The summed E-state index contributed by atoms with van der Waals surface area (Å²) in [6, 6.07) is 8.98. The number of carbonyl (C=O) groups excluding carboxylic acids is 1. The van der Waals surface area contributed by atoms with E-state index in [9.17, 15) is 14.9 Å². The van der Waals surface area contributed by atoms with E-state index < -0.39 is 4.92 Å². The van der Waals surface area contributed by atoms with Gasteiger partial charge in [-0.25, -0.2) is 0 Å². The van der Waals surface area contributed by atoms with E-state index in [0.29, 0.717) is 11.3 Å². The number of likely N-dealkylation sites (tertiary alicyclic amines) is 1. The van der Waals surface area contributed by atoms with E-state index in [-0.39, 0.29) is 34.2 Å². The summed E-state index contributed by atoms with van der Waals surface area (Å²) in [4.78, 5) is 25.5. The second-order valence-electron chi connectivity index (χ2n) is 6.89. The van der Waals surface area contributed by atoms with Gasteiger partial charge in [-0.05, 0) is 63.3 Å². The summed E-state index contributed by atoms with van der Waals surface area (Å²) in [7, 11) is 3.50. The Kier molecular flexibility index (Phi) is 6.56. The predicted octanol–water partition coefficient (Wildman–Crippen LogP) is 3.87. The number of piperidine rings is 1. The number of hydrogen-bond acceptors (Lipinski definition) is 6. The molecule has 1 fully saturated rings. The van der Waals surface area contributed by atoms with E-state index in [4.69, 9.17) is 21.1 Å². The molecule has 29 heavy (non-hydrogen) atoms. The summed E-state index contributed by atoms with van der Waals surface area (Å²) in [5.74, 6) is 0.391. The molecule has 154 valence electrons. The number of nitro groups is 1. The molecule has 0 radical (unpaired) electrons. The molecule has 0 unspecified atom stereocenters. The van der Waals surface area contributed by atoms with Crippen molar-refractivity contribution < 1.29 is 19.2 Å². The summed E-state index contributed by atoms with van der Waals surface area (Å²) >= 11 is 5.83. The summed E-state index contributed by atoms with van der Waals surface area (Å²) in [5, 5.41) is 14.5. The van der Waals surface area contributed by atoms with Crippen LogP contribution in [0.3, 0.4) is 0 Å². The number of hydrogen-bond donors (Lipinski definition) is 1. The first kappa shape index (κ1) is 20.9. The van der Waals surface area contributed by atoms with Crippen molar-refractivity contribution in [3.05, 3.63) is 57.1 Å². The Morgan fingerprint density at radius 1 is 1.17 bits per heavy atom. The van der Waals surface area contributed by atoms with Crippen LogP contribution in [0, 0.1) is 10.1 Å². The van der Waals surface area contributed by atoms with E-state index >= 15 is 0 Å². The van der Waals surface area contributed by atoms with Crippen LogP contribution >= 0.6 is 11.6 Å². The van der Waals surface area contributed by atoms with Crippen LogP contribution in [0.2, 0.25) is 5.02 Å². The highest BCUT2D eigenvalue weighted by Crippen LogP contribution is 2.37. The Labute approximate surface area is 173 Å². The molecule has 0 aromatic heterocycles. The van der Waals surface area contributed by atoms with Gasteiger partial charge in [-0.3, -0.25) is 14.9 Å². The number of rotatable bonds is 6. The SMILES string of the molecule is COc1cc(C(=O)NC2CCN(C)CC2)ccc1Oc1ccc(Cl)cc1[N+](=O)[O-]. The number of nitro benzene ring substituents is 1. The van der Waals surface area contributed by atoms with Gasteiger partial charge in [0.1, 0.15) is 0 Å². The second-order valence-corrected chi connectivity index (χ2v) is 7.32. The molecule has 0 bridgehead atoms. The third-order valence-electron chi connectivity index (χ3n) is 4.82. The maximum atomic E-state index is 12.6. The zero-order valence-electron chi connectivity index (χ0n) is 16.2. The fourth-order valence-corrected chi connectivity index (χ4v) is 3.32. The quantitative estimate of drug-likeness (QED) is 0.564. The van der Waals surface area contributed by atoms with Crippen molar-refractivity contribution >= 4 is 23.2 Å². The average Bonchev–Trinajstić information content (AvgIpc) is 2.71. The highest BCUT2D eigenvalue weighted by Gasteiger charge is 2.21. The van der Waals surface area contributed by atoms with E-state index in [1.165, 1.54) is 25.3 Å². The van der Waals surface area contributed by atoms with Crippen LogP contribution in [-0.4, -0.2) is 49.0 Å². The Morgan fingerprint density at radius 2 is 1.86 bits per heavy atom. The molecule has 0 spiro atoms. The van der Waals surface area contributed by atoms with E-state index in [1.807, 2.05) is 0 Å². The number of nitrogens with zero attached hydrogens (tertiary/aromatic N) is 2. The lowest BCUT2D eigenvalue weighted by atomic mass is 10.0. The van der Waals surface area contributed by atoms with Crippen molar-refractivity contribution in [2.24, 2.45) is 0 Å². The van der Waals surface area contributed by atoms with E-state index in [2.05, 4.69) is 17.3 Å². The minimum Gasteiger partial charge on any atom is -0.493 e. The zero-order chi connectivity index (χ0) is 21.0. The lowest BCUT2D eigenvalue weighted by Crippen LogP contribution is -2.43. The molecular formula is C20H22ClN3O5. The molecule has 3 rings (SSSR count). The number of nitrogens with one attached hydrogen (secondary N) is 1. The first-order valence-corrected chi connectivity index (χ1v) is 9.54. The molecule has 1 aliphatic rings. The van der Waals surface area contributed by atoms with Gasteiger partial charge in [-0.1, -0.05) is 11.6 Å². The Balaban J connectivity index is 1.77. The van der Waals surface area contributed by atoms with Gasteiger partial charge in [0.2, 0.25) is 5.75 Å². The fraction of sp³-hybridized carbons (Fsp3) is 0.350. The molecule has 1 amide bonds. The van der Waals surface area contributed by atoms with Crippen LogP contribution in [-0.2, 0) is 0 Å². The molecule has 8 nitrogen and oxygen atoms in total.